The summed E-state index contributed by atoms with van der Waals surface area (Å²) in [6, 6.07) is 9.37. The lowest BCUT2D eigenvalue weighted by Crippen LogP contribution is -2.25. The molecule has 1 rings (SSSR count). The van der Waals surface area contributed by atoms with Crippen LogP contribution in [0.15, 0.2) is 24.3 Å². The van der Waals surface area contributed by atoms with Gasteiger partial charge in [-0.2, -0.15) is 0 Å². The van der Waals surface area contributed by atoms with E-state index in [1.807, 2.05) is 0 Å². The molecule has 0 spiro atoms. The fraction of sp³-hybridized carbons (Fsp3) is 0.500. The number of halogens is 1. The van der Waals surface area contributed by atoms with Crippen molar-refractivity contribution in [3.8, 4) is 0 Å². The topological polar surface area (TPSA) is 3.24 Å². The summed E-state index contributed by atoms with van der Waals surface area (Å²) in [6.45, 7) is 5.46. The quantitative estimate of drug-likeness (QED) is 0.746. The van der Waals surface area contributed by atoms with E-state index >= 15 is 0 Å². The lowest BCUT2D eigenvalue weighted by molar-refractivity contribution is 0.266. The van der Waals surface area contributed by atoms with Crippen LogP contribution >= 0.6 is 15.9 Å². The first-order valence-corrected chi connectivity index (χ1v) is 6.09. The minimum atomic E-state index is 0.603. The molecule has 2 heteroatoms. The van der Waals surface area contributed by atoms with Crippen molar-refractivity contribution in [2.75, 3.05) is 7.05 Å². The second kappa shape index (κ2) is 5.52. The molecular weight excluding hydrogens is 238 g/mol. The number of hydrogen-bond donors (Lipinski definition) is 0. The Labute approximate surface area is 95.2 Å². The highest BCUT2D eigenvalue weighted by atomic mass is 79.9. The van der Waals surface area contributed by atoms with Crippen molar-refractivity contribution in [1.82, 2.24) is 4.90 Å². The molecule has 0 amide bonds. The first kappa shape index (κ1) is 11.7. The van der Waals surface area contributed by atoms with Crippen LogP contribution in [0.1, 0.15) is 25.0 Å². The number of hydrogen-bond acceptors (Lipinski definition) is 1. The molecule has 1 nitrogen and oxygen atoms in total. The number of alkyl halides is 1. The Morgan fingerprint density at radius 2 is 1.64 bits per heavy atom. The van der Waals surface area contributed by atoms with Gasteiger partial charge in [-0.05, 0) is 32.0 Å². The van der Waals surface area contributed by atoms with Crippen LogP contribution in [-0.4, -0.2) is 18.0 Å². The minimum absolute atomic E-state index is 0.603. The molecule has 0 atom stereocenters. The first-order valence-electron chi connectivity index (χ1n) is 4.97. The Morgan fingerprint density at radius 3 is 2.07 bits per heavy atom. The largest absolute Gasteiger partial charge is 0.300 e. The van der Waals surface area contributed by atoms with Crippen molar-refractivity contribution in [2.24, 2.45) is 0 Å². The summed E-state index contributed by atoms with van der Waals surface area (Å²) >= 11 is 3.45. The van der Waals surface area contributed by atoms with Crippen LogP contribution in [-0.2, 0) is 11.9 Å². The summed E-state index contributed by atoms with van der Waals surface area (Å²) < 4.78 is 0. The molecule has 0 aliphatic carbocycles. The van der Waals surface area contributed by atoms with Crippen LogP contribution in [0, 0.1) is 0 Å². The van der Waals surface area contributed by atoms with Crippen molar-refractivity contribution in [1.29, 1.82) is 0 Å². The van der Waals surface area contributed by atoms with E-state index in [1.54, 1.807) is 0 Å². The molecule has 1 aromatic rings. The predicted octanol–water partition coefficient (Wildman–Crippen LogP) is 3.42. The molecule has 0 saturated heterocycles. The zero-order valence-electron chi connectivity index (χ0n) is 9.13. The minimum Gasteiger partial charge on any atom is -0.300 e. The number of benzene rings is 1. The predicted molar refractivity (Wildman–Crippen MR) is 65.7 cm³/mol. The summed E-state index contributed by atoms with van der Waals surface area (Å²) in [5, 5.41) is 0.938. The van der Waals surface area contributed by atoms with Gasteiger partial charge in [-0.15, -0.1) is 0 Å². The zero-order chi connectivity index (χ0) is 10.6. The number of nitrogens with zero attached hydrogens (tertiary/aromatic N) is 1. The fourth-order valence-corrected chi connectivity index (χ4v) is 1.58. The average molecular weight is 256 g/mol. The lowest BCUT2D eigenvalue weighted by atomic mass is 10.1. The highest BCUT2D eigenvalue weighted by Crippen LogP contribution is 2.10. The third-order valence-corrected chi connectivity index (χ3v) is 3.14. The van der Waals surface area contributed by atoms with E-state index in [0.717, 1.165) is 11.9 Å². The van der Waals surface area contributed by atoms with Crippen molar-refractivity contribution >= 4 is 15.9 Å². The van der Waals surface area contributed by atoms with Gasteiger partial charge < -0.3 is 0 Å². The Hall–Kier alpha value is -0.340. The van der Waals surface area contributed by atoms with Crippen molar-refractivity contribution in [3.63, 3.8) is 0 Å². The molecule has 0 bridgehead atoms. The van der Waals surface area contributed by atoms with Gasteiger partial charge in [0.1, 0.15) is 0 Å². The summed E-state index contributed by atoms with van der Waals surface area (Å²) in [4.78, 5) is 2.34. The standard InChI is InChI=1S/C12H18BrN/c1-10(2)14(3)9-12-6-4-11(8-13)5-7-12/h4-7,10H,8-9H2,1-3H3. The smallest absolute Gasteiger partial charge is 0.0283 e. The molecule has 0 aliphatic heterocycles. The van der Waals surface area contributed by atoms with Crippen LogP contribution in [0.4, 0.5) is 0 Å². The Morgan fingerprint density at radius 1 is 1.14 bits per heavy atom. The van der Waals surface area contributed by atoms with Crippen LogP contribution < -0.4 is 0 Å². The van der Waals surface area contributed by atoms with Gasteiger partial charge in [0.2, 0.25) is 0 Å². The molecule has 0 aromatic heterocycles. The Bertz CT molecular complexity index is 266. The van der Waals surface area contributed by atoms with E-state index < -0.39 is 0 Å². The van der Waals surface area contributed by atoms with E-state index in [1.165, 1.54) is 11.1 Å². The van der Waals surface area contributed by atoms with E-state index in [-0.39, 0.29) is 0 Å². The van der Waals surface area contributed by atoms with Gasteiger partial charge in [0.25, 0.3) is 0 Å². The van der Waals surface area contributed by atoms with Gasteiger partial charge in [-0.3, -0.25) is 4.90 Å². The van der Waals surface area contributed by atoms with E-state index in [4.69, 9.17) is 0 Å². The highest BCUT2D eigenvalue weighted by Gasteiger charge is 2.03. The average Bonchev–Trinajstić information content (AvgIpc) is 2.19. The van der Waals surface area contributed by atoms with Gasteiger partial charge in [-0.1, -0.05) is 40.2 Å². The van der Waals surface area contributed by atoms with Crippen molar-refractivity contribution in [2.45, 2.75) is 31.8 Å². The van der Waals surface area contributed by atoms with Crippen LogP contribution in [0.2, 0.25) is 0 Å². The number of rotatable bonds is 4. The molecule has 0 heterocycles. The SMILES string of the molecule is CC(C)N(C)Cc1ccc(CBr)cc1. The van der Waals surface area contributed by atoms with Crippen molar-refractivity contribution < 1.29 is 0 Å². The Kier molecular flexibility index (Phi) is 4.63. The molecule has 0 fully saturated rings. The summed E-state index contributed by atoms with van der Waals surface area (Å²) in [6.07, 6.45) is 0. The molecule has 0 unspecified atom stereocenters. The normalized spacial score (nSPS) is 11.3. The second-order valence-corrected chi connectivity index (χ2v) is 4.52. The third kappa shape index (κ3) is 3.43. The lowest BCUT2D eigenvalue weighted by Gasteiger charge is -2.20. The fourth-order valence-electron chi connectivity index (χ4n) is 1.20. The Balaban J connectivity index is 2.59. The molecule has 0 aliphatic rings. The molecule has 0 radical (unpaired) electrons. The first-order chi connectivity index (χ1) is 6.63. The maximum atomic E-state index is 3.45. The summed E-state index contributed by atoms with van der Waals surface area (Å²) in [5.41, 5.74) is 2.71. The maximum Gasteiger partial charge on any atom is 0.0283 e. The summed E-state index contributed by atoms with van der Waals surface area (Å²) in [5.74, 6) is 0. The monoisotopic (exact) mass is 255 g/mol. The van der Waals surface area contributed by atoms with Crippen LogP contribution in [0.3, 0.4) is 0 Å². The molecule has 14 heavy (non-hydrogen) atoms. The van der Waals surface area contributed by atoms with Gasteiger partial charge in [0.15, 0.2) is 0 Å². The van der Waals surface area contributed by atoms with Gasteiger partial charge >= 0.3 is 0 Å². The van der Waals surface area contributed by atoms with Crippen LogP contribution in [0.5, 0.6) is 0 Å². The van der Waals surface area contributed by atoms with Crippen LogP contribution in [0.25, 0.3) is 0 Å². The van der Waals surface area contributed by atoms with Gasteiger partial charge in [0, 0.05) is 17.9 Å². The molecule has 78 valence electrons. The molecule has 1 aromatic carbocycles. The summed E-state index contributed by atoms with van der Waals surface area (Å²) in [7, 11) is 2.16. The van der Waals surface area contributed by atoms with E-state index in [2.05, 4.69) is 66.0 Å². The van der Waals surface area contributed by atoms with Crippen molar-refractivity contribution in [3.05, 3.63) is 35.4 Å². The molecule has 0 saturated carbocycles. The van der Waals surface area contributed by atoms with E-state index in [0.29, 0.717) is 6.04 Å². The third-order valence-electron chi connectivity index (χ3n) is 2.49. The molecular formula is C12H18BrN. The highest BCUT2D eigenvalue weighted by molar-refractivity contribution is 9.08. The van der Waals surface area contributed by atoms with Gasteiger partial charge in [0.05, 0.1) is 0 Å². The van der Waals surface area contributed by atoms with E-state index in [9.17, 15) is 0 Å². The van der Waals surface area contributed by atoms with Gasteiger partial charge in [-0.25, -0.2) is 0 Å². The maximum absolute atomic E-state index is 3.45. The second-order valence-electron chi connectivity index (χ2n) is 3.96. The molecule has 0 N–H and O–H groups in total. The zero-order valence-corrected chi connectivity index (χ0v) is 10.7.